The van der Waals surface area contributed by atoms with Crippen LogP contribution in [0.25, 0.3) is 0 Å². The van der Waals surface area contributed by atoms with Crippen LogP contribution in [0, 0.1) is 0 Å². The SMILES string of the molecule is CCOC(=O)CCC(=O)N(CC(=O)Nc1ccon1)C(C)C. The van der Waals surface area contributed by atoms with Crippen LogP contribution < -0.4 is 5.32 Å². The average molecular weight is 311 g/mol. The molecule has 0 unspecified atom stereocenters. The molecular formula is C14H21N3O5. The molecule has 0 bridgehead atoms. The summed E-state index contributed by atoms with van der Waals surface area (Å²) in [6.45, 7) is 5.46. The third-order valence-corrected chi connectivity index (χ3v) is 2.81. The lowest BCUT2D eigenvalue weighted by Gasteiger charge is -2.25. The van der Waals surface area contributed by atoms with Crippen LogP contribution in [-0.4, -0.2) is 47.0 Å². The quantitative estimate of drug-likeness (QED) is 0.724. The van der Waals surface area contributed by atoms with Crippen molar-refractivity contribution in [1.82, 2.24) is 10.1 Å². The first kappa shape index (κ1) is 17.7. The molecule has 1 rings (SSSR count). The van der Waals surface area contributed by atoms with Gasteiger partial charge in [0.05, 0.1) is 13.0 Å². The average Bonchev–Trinajstić information content (AvgIpc) is 2.95. The van der Waals surface area contributed by atoms with E-state index in [1.54, 1.807) is 20.8 Å². The topological polar surface area (TPSA) is 102 Å². The van der Waals surface area contributed by atoms with Crippen molar-refractivity contribution in [1.29, 1.82) is 0 Å². The molecule has 0 atom stereocenters. The van der Waals surface area contributed by atoms with Crippen molar-refractivity contribution in [3.05, 3.63) is 12.3 Å². The van der Waals surface area contributed by atoms with Crippen LogP contribution in [0.3, 0.4) is 0 Å². The Labute approximate surface area is 128 Å². The van der Waals surface area contributed by atoms with E-state index in [0.29, 0.717) is 0 Å². The van der Waals surface area contributed by atoms with Gasteiger partial charge in [-0.25, -0.2) is 0 Å². The van der Waals surface area contributed by atoms with E-state index in [4.69, 9.17) is 4.74 Å². The number of nitrogens with one attached hydrogen (secondary N) is 1. The van der Waals surface area contributed by atoms with E-state index >= 15 is 0 Å². The van der Waals surface area contributed by atoms with Crippen molar-refractivity contribution in [3.8, 4) is 0 Å². The number of anilines is 1. The van der Waals surface area contributed by atoms with Gasteiger partial charge in [-0.3, -0.25) is 14.4 Å². The van der Waals surface area contributed by atoms with Gasteiger partial charge in [-0.1, -0.05) is 5.16 Å². The Morgan fingerprint density at radius 2 is 2.09 bits per heavy atom. The number of hydrogen-bond donors (Lipinski definition) is 1. The Balaban J connectivity index is 2.51. The van der Waals surface area contributed by atoms with Crippen LogP contribution in [0.4, 0.5) is 5.82 Å². The highest BCUT2D eigenvalue weighted by Crippen LogP contribution is 2.07. The van der Waals surface area contributed by atoms with Crippen LogP contribution in [0.2, 0.25) is 0 Å². The highest BCUT2D eigenvalue weighted by molar-refractivity contribution is 5.94. The first-order valence-electron chi connectivity index (χ1n) is 7.09. The number of amides is 2. The number of aromatic nitrogens is 1. The minimum Gasteiger partial charge on any atom is -0.466 e. The van der Waals surface area contributed by atoms with Gasteiger partial charge in [0.2, 0.25) is 11.8 Å². The van der Waals surface area contributed by atoms with Gasteiger partial charge in [-0.2, -0.15) is 0 Å². The summed E-state index contributed by atoms with van der Waals surface area (Å²) >= 11 is 0. The van der Waals surface area contributed by atoms with Gasteiger partial charge in [-0.05, 0) is 20.8 Å². The third-order valence-electron chi connectivity index (χ3n) is 2.81. The van der Waals surface area contributed by atoms with E-state index in [-0.39, 0.29) is 49.7 Å². The molecule has 0 fully saturated rings. The number of nitrogens with zero attached hydrogens (tertiary/aromatic N) is 2. The zero-order valence-electron chi connectivity index (χ0n) is 13.0. The molecule has 1 heterocycles. The Bertz CT molecular complexity index is 499. The minimum atomic E-state index is -0.424. The molecule has 0 aliphatic heterocycles. The van der Waals surface area contributed by atoms with Gasteiger partial charge < -0.3 is 19.5 Å². The van der Waals surface area contributed by atoms with Crippen LogP contribution in [0.1, 0.15) is 33.6 Å². The Morgan fingerprint density at radius 3 is 2.64 bits per heavy atom. The molecule has 8 nitrogen and oxygen atoms in total. The van der Waals surface area contributed by atoms with E-state index < -0.39 is 5.97 Å². The summed E-state index contributed by atoms with van der Waals surface area (Å²) in [4.78, 5) is 36.7. The summed E-state index contributed by atoms with van der Waals surface area (Å²) in [5, 5.41) is 6.08. The maximum Gasteiger partial charge on any atom is 0.306 e. The maximum atomic E-state index is 12.1. The van der Waals surface area contributed by atoms with Gasteiger partial charge in [0, 0.05) is 18.5 Å². The molecule has 0 aliphatic carbocycles. The predicted molar refractivity (Wildman–Crippen MR) is 77.8 cm³/mol. The number of carbonyl (C=O) groups is 3. The van der Waals surface area contributed by atoms with Gasteiger partial charge in [-0.15, -0.1) is 0 Å². The fraction of sp³-hybridized carbons (Fsp3) is 0.571. The Kier molecular flexibility index (Phi) is 7.07. The number of esters is 1. The smallest absolute Gasteiger partial charge is 0.306 e. The lowest BCUT2D eigenvalue weighted by atomic mass is 10.2. The largest absolute Gasteiger partial charge is 0.466 e. The van der Waals surface area contributed by atoms with Gasteiger partial charge in [0.1, 0.15) is 12.8 Å². The number of ether oxygens (including phenoxy) is 1. The van der Waals surface area contributed by atoms with Gasteiger partial charge in [0.25, 0.3) is 0 Å². The molecule has 0 saturated heterocycles. The number of rotatable bonds is 8. The summed E-state index contributed by atoms with van der Waals surface area (Å²) in [7, 11) is 0. The van der Waals surface area contributed by atoms with E-state index in [1.807, 2.05) is 0 Å². The summed E-state index contributed by atoms with van der Waals surface area (Å²) in [5.74, 6) is -0.801. The summed E-state index contributed by atoms with van der Waals surface area (Å²) < 4.78 is 9.38. The molecule has 22 heavy (non-hydrogen) atoms. The van der Waals surface area contributed by atoms with E-state index in [1.165, 1.54) is 17.2 Å². The Hall–Kier alpha value is -2.38. The monoisotopic (exact) mass is 311 g/mol. The van der Waals surface area contributed by atoms with E-state index in [2.05, 4.69) is 15.0 Å². The Morgan fingerprint density at radius 1 is 1.36 bits per heavy atom. The summed E-state index contributed by atoms with van der Waals surface area (Å²) in [6, 6.07) is 1.33. The molecule has 1 aromatic heterocycles. The molecule has 0 saturated carbocycles. The van der Waals surface area contributed by atoms with Gasteiger partial charge >= 0.3 is 5.97 Å². The molecular weight excluding hydrogens is 290 g/mol. The highest BCUT2D eigenvalue weighted by atomic mass is 16.5. The lowest BCUT2D eigenvalue weighted by Crippen LogP contribution is -2.42. The van der Waals surface area contributed by atoms with Crippen molar-refractivity contribution in [2.75, 3.05) is 18.5 Å². The maximum absolute atomic E-state index is 12.1. The van der Waals surface area contributed by atoms with E-state index in [0.717, 1.165) is 0 Å². The van der Waals surface area contributed by atoms with Crippen LogP contribution in [-0.2, 0) is 19.1 Å². The second-order valence-corrected chi connectivity index (χ2v) is 4.85. The second kappa shape index (κ2) is 8.81. The first-order chi connectivity index (χ1) is 10.4. The van der Waals surface area contributed by atoms with Crippen molar-refractivity contribution >= 4 is 23.6 Å². The normalized spacial score (nSPS) is 10.4. The van der Waals surface area contributed by atoms with Crippen molar-refractivity contribution in [2.45, 2.75) is 39.7 Å². The summed E-state index contributed by atoms with van der Waals surface area (Å²) in [5.41, 5.74) is 0. The fourth-order valence-electron chi connectivity index (χ4n) is 1.76. The van der Waals surface area contributed by atoms with Crippen LogP contribution >= 0.6 is 0 Å². The van der Waals surface area contributed by atoms with Crippen LogP contribution in [0.5, 0.6) is 0 Å². The standard InChI is InChI=1S/C14H21N3O5/c1-4-21-14(20)6-5-13(19)17(10(2)3)9-12(18)15-11-7-8-22-16-11/h7-8,10H,4-6,9H2,1-3H3,(H,15,16,18). The van der Waals surface area contributed by atoms with Gasteiger partial charge in [0.15, 0.2) is 5.82 Å². The third kappa shape index (κ3) is 5.94. The molecule has 0 spiro atoms. The molecule has 0 aliphatic rings. The number of carbonyl (C=O) groups excluding carboxylic acids is 3. The molecule has 0 radical (unpaired) electrons. The molecule has 2 amide bonds. The van der Waals surface area contributed by atoms with Crippen molar-refractivity contribution < 1.29 is 23.6 Å². The van der Waals surface area contributed by atoms with E-state index in [9.17, 15) is 14.4 Å². The predicted octanol–water partition coefficient (Wildman–Crippen LogP) is 1.19. The molecule has 0 aromatic carbocycles. The van der Waals surface area contributed by atoms with Crippen molar-refractivity contribution in [2.24, 2.45) is 0 Å². The molecule has 1 N–H and O–H groups in total. The first-order valence-corrected chi connectivity index (χ1v) is 7.09. The molecule has 122 valence electrons. The second-order valence-electron chi connectivity index (χ2n) is 4.85. The molecule has 1 aromatic rings. The number of hydrogen-bond acceptors (Lipinski definition) is 6. The minimum absolute atomic E-state index is 0.000792. The highest BCUT2D eigenvalue weighted by Gasteiger charge is 2.21. The zero-order chi connectivity index (χ0) is 16.5. The van der Waals surface area contributed by atoms with Crippen molar-refractivity contribution in [3.63, 3.8) is 0 Å². The lowest BCUT2D eigenvalue weighted by molar-refractivity contribution is -0.146. The fourth-order valence-corrected chi connectivity index (χ4v) is 1.76. The van der Waals surface area contributed by atoms with Crippen LogP contribution in [0.15, 0.2) is 16.9 Å². The molecule has 8 heteroatoms. The summed E-state index contributed by atoms with van der Waals surface area (Å²) in [6.07, 6.45) is 1.34. The zero-order valence-corrected chi connectivity index (χ0v) is 13.0.